The average Bonchev–Trinajstić information content (AvgIpc) is 2.80. The minimum atomic E-state index is -0.188. The van der Waals surface area contributed by atoms with Gasteiger partial charge in [-0.25, -0.2) is 0 Å². The molecular formula is C18H24ClN3O3. The van der Waals surface area contributed by atoms with Gasteiger partial charge in [0.15, 0.2) is 0 Å². The molecule has 0 aliphatic carbocycles. The maximum Gasteiger partial charge on any atom is 0.244 e. The Kier molecular flexibility index (Phi) is 6.15. The molecule has 0 saturated carbocycles. The molecule has 1 aromatic carbocycles. The summed E-state index contributed by atoms with van der Waals surface area (Å²) in [6, 6.07) is 5.50. The van der Waals surface area contributed by atoms with Gasteiger partial charge in [-0.15, -0.1) is 0 Å². The van der Waals surface area contributed by atoms with Crippen LogP contribution in [-0.4, -0.2) is 56.1 Å². The number of hydrogen-bond acceptors (Lipinski definition) is 4. The lowest BCUT2D eigenvalue weighted by molar-refractivity contribution is -0.134. The van der Waals surface area contributed by atoms with Gasteiger partial charge in [0.25, 0.3) is 0 Å². The van der Waals surface area contributed by atoms with Crippen LogP contribution in [0.4, 0.5) is 11.4 Å². The minimum Gasteiger partial charge on any atom is -0.378 e. The van der Waals surface area contributed by atoms with Gasteiger partial charge in [0.05, 0.1) is 31.1 Å². The summed E-state index contributed by atoms with van der Waals surface area (Å²) in [4.78, 5) is 28.4. The zero-order chi connectivity index (χ0) is 17.6. The highest BCUT2D eigenvalue weighted by molar-refractivity contribution is 6.31. The fourth-order valence-electron chi connectivity index (χ4n) is 3.26. The molecule has 2 fully saturated rings. The SMILES string of the molecule is O=C(CN1CCCCCC1=O)Nc1cc(Cl)ccc1N1CCOCC1. The second-order valence-electron chi connectivity index (χ2n) is 6.44. The van der Waals surface area contributed by atoms with E-state index in [1.165, 1.54) is 0 Å². The Morgan fingerprint density at radius 2 is 1.96 bits per heavy atom. The molecule has 136 valence electrons. The van der Waals surface area contributed by atoms with Gasteiger partial charge in [-0.2, -0.15) is 0 Å². The Morgan fingerprint density at radius 3 is 2.76 bits per heavy atom. The third-order valence-corrected chi connectivity index (χ3v) is 4.83. The topological polar surface area (TPSA) is 61.9 Å². The summed E-state index contributed by atoms with van der Waals surface area (Å²) in [7, 11) is 0. The van der Waals surface area contributed by atoms with E-state index in [4.69, 9.17) is 16.3 Å². The van der Waals surface area contributed by atoms with Gasteiger partial charge in [-0.3, -0.25) is 9.59 Å². The fraction of sp³-hybridized carbons (Fsp3) is 0.556. The molecule has 1 aromatic rings. The second kappa shape index (κ2) is 8.54. The maximum atomic E-state index is 12.5. The Hall–Kier alpha value is -1.79. The van der Waals surface area contributed by atoms with Crippen molar-refractivity contribution in [2.75, 3.05) is 49.6 Å². The molecule has 2 aliphatic heterocycles. The van der Waals surface area contributed by atoms with E-state index >= 15 is 0 Å². The minimum absolute atomic E-state index is 0.0622. The van der Waals surface area contributed by atoms with Gasteiger partial charge < -0.3 is 19.9 Å². The van der Waals surface area contributed by atoms with Gasteiger partial charge >= 0.3 is 0 Å². The van der Waals surface area contributed by atoms with Gasteiger partial charge in [0.1, 0.15) is 0 Å². The Morgan fingerprint density at radius 1 is 1.16 bits per heavy atom. The number of nitrogens with zero attached hydrogens (tertiary/aromatic N) is 2. The van der Waals surface area contributed by atoms with Gasteiger partial charge in [0.2, 0.25) is 11.8 Å². The number of amides is 2. The van der Waals surface area contributed by atoms with E-state index in [0.717, 1.165) is 38.0 Å². The van der Waals surface area contributed by atoms with Gasteiger partial charge in [-0.05, 0) is 31.0 Å². The van der Waals surface area contributed by atoms with E-state index in [-0.39, 0.29) is 18.4 Å². The number of nitrogens with one attached hydrogen (secondary N) is 1. The molecule has 25 heavy (non-hydrogen) atoms. The smallest absolute Gasteiger partial charge is 0.244 e. The molecule has 0 bridgehead atoms. The molecule has 6 nitrogen and oxygen atoms in total. The van der Waals surface area contributed by atoms with Gasteiger partial charge in [0, 0.05) is 31.1 Å². The van der Waals surface area contributed by atoms with Crippen LogP contribution in [0.2, 0.25) is 5.02 Å². The Bertz CT molecular complexity index is 632. The fourth-order valence-corrected chi connectivity index (χ4v) is 3.43. The molecule has 2 heterocycles. The molecule has 0 atom stereocenters. The molecule has 0 aromatic heterocycles. The van der Waals surface area contributed by atoms with Crippen LogP contribution in [0.3, 0.4) is 0 Å². The lowest BCUT2D eigenvalue weighted by Gasteiger charge is -2.31. The van der Waals surface area contributed by atoms with Crippen molar-refractivity contribution in [3.63, 3.8) is 0 Å². The number of morpholine rings is 1. The first-order valence-corrected chi connectivity index (χ1v) is 9.21. The summed E-state index contributed by atoms with van der Waals surface area (Å²) < 4.78 is 5.39. The molecule has 2 aliphatic rings. The number of anilines is 2. The summed E-state index contributed by atoms with van der Waals surface area (Å²) in [6.07, 6.45) is 3.43. The summed E-state index contributed by atoms with van der Waals surface area (Å²) in [5, 5.41) is 3.50. The lowest BCUT2D eigenvalue weighted by atomic mass is 10.2. The molecule has 1 N–H and O–H groups in total. The molecule has 0 radical (unpaired) electrons. The first kappa shape index (κ1) is 18.0. The number of carbonyl (C=O) groups excluding carboxylic acids is 2. The van der Waals surface area contributed by atoms with E-state index in [1.807, 2.05) is 12.1 Å². The van der Waals surface area contributed by atoms with Crippen LogP contribution in [0.15, 0.2) is 18.2 Å². The molecule has 2 amide bonds. The first-order valence-electron chi connectivity index (χ1n) is 8.83. The zero-order valence-electron chi connectivity index (χ0n) is 14.3. The monoisotopic (exact) mass is 365 g/mol. The zero-order valence-corrected chi connectivity index (χ0v) is 15.1. The summed E-state index contributed by atoms with van der Waals surface area (Å²) >= 11 is 6.12. The van der Waals surface area contributed by atoms with Crippen molar-refractivity contribution >= 4 is 34.8 Å². The molecule has 0 unspecified atom stereocenters. The van der Waals surface area contributed by atoms with Crippen molar-refractivity contribution in [3.05, 3.63) is 23.2 Å². The van der Waals surface area contributed by atoms with Gasteiger partial charge in [-0.1, -0.05) is 18.0 Å². The lowest BCUT2D eigenvalue weighted by Crippen LogP contribution is -2.39. The summed E-state index contributed by atoms with van der Waals surface area (Å²) in [5.41, 5.74) is 1.62. The van der Waals surface area contributed by atoms with E-state index in [9.17, 15) is 9.59 Å². The van der Waals surface area contributed by atoms with E-state index in [0.29, 0.717) is 36.9 Å². The predicted octanol–water partition coefficient (Wildman–Crippen LogP) is 2.52. The standard InChI is InChI=1S/C18H24ClN3O3/c19-14-5-6-16(21-8-10-25-11-9-21)15(12-14)20-17(23)13-22-7-3-1-2-4-18(22)24/h5-6,12H,1-4,7-11,13H2,(H,20,23). The molecule has 7 heteroatoms. The van der Waals surface area contributed by atoms with E-state index < -0.39 is 0 Å². The first-order chi connectivity index (χ1) is 12.1. The van der Waals surface area contributed by atoms with Crippen molar-refractivity contribution in [3.8, 4) is 0 Å². The maximum absolute atomic E-state index is 12.5. The van der Waals surface area contributed by atoms with Crippen LogP contribution in [0.25, 0.3) is 0 Å². The van der Waals surface area contributed by atoms with Crippen molar-refractivity contribution in [1.29, 1.82) is 0 Å². The predicted molar refractivity (Wildman–Crippen MR) is 98.2 cm³/mol. The highest BCUT2D eigenvalue weighted by atomic mass is 35.5. The van der Waals surface area contributed by atoms with Crippen LogP contribution in [-0.2, 0) is 14.3 Å². The number of likely N-dealkylation sites (tertiary alicyclic amines) is 1. The third-order valence-electron chi connectivity index (χ3n) is 4.59. The number of ether oxygens (including phenoxy) is 1. The number of benzene rings is 1. The van der Waals surface area contributed by atoms with E-state index in [2.05, 4.69) is 10.2 Å². The van der Waals surface area contributed by atoms with Crippen LogP contribution in [0.5, 0.6) is 0 Å². The number of rotatable bonds is 4. The Labute approximate surface area is 153 Å². The number of hydrogen-bond donors (Lipinski definition) is 1. The molecule has 3 rings (SSSR count). The largest absolute Gasteiger partial charge is 0.378 e. The van der Waals surface area contributed by atoms with Crippen molar-refractivity contribution in [2.45, 2.75) is 25.7 Å². The number of halogens is 1. The summed E-state index contributed by atoms with van der Waals surface area (Å²) in [5.74, 6) is -0.126. The van der Waals surface area contributed by atoms with Crippen LogP contribution < -0.4 is 10.2 Å². The quantitative estimate of drug-likeness (QED) is 0.890. The second-order valence-corrected chi connectivity index (χ2v) is 6.87. The average molecular weight is 366 g/mol. The van der Waals surface area contributed by atoms with Crippen molar-refractivity contribution in [2.24, 2.45) is 0 Å². The Balaban J connectivity index is 1.69. The van der Waals surface area contributed by atoms with Crippen LogP contribution in [0.1, 0.15) is 25.7 Å². The highest BCUT2D eigenvalue weighted by Gasteiger charge is 2.21. The summed E-state index contributed by atoms with van der Waals surface area (Å²) in [6.45, 7) is 3.62. The molecule has 2 saturated heterocycles. The third kappa shape index (κ3) is 4.86. The van der Waals surface area contributed by atoms with Crippen molar-refractivity contribution < 1.29 is 14.3 Å². The highest BCUT2D eigenvalue weighted by Crippen LogP contribution is 2.30. The van der Waals surface area contributed by atoms with Crippen molar-refractivity contribution in [1.82, 2.24) is 4.90 Å². The molecular weight excluding hydrogens is 342 g/mol. The van der Waals surface area contributed by atoms with E-state index in [1.54, 1.807) is 11.0 Å². The van der Waals surface area contributed by atoms with Crippen LogP contribution >= 0.6 is 11.6 Å². The number of carbonyl (C=O) groups is 2. The van der Waals surface area contributed by atoms with Crippen LogP contribution in [0, 0.1) is 0 Å². The molecule has 0 spiro atoms. The normalized spacial score (nSPS) is 18.8.